The van der Waals surface area contributed by atoms with E-state index in [-0.39, 0.29) is 0 Å². The van der Waals surface area contributed by atoms with Crippen LogP contribution in [0.5, 0.6) is 5.75 Å². The molecule has 17 heavy (non-hydrogen) atoms. The van der Waals surface area contributed by atoms with E-state index < -0.39 is 0 Å². The van der Waals surface area contributed by atoms with Crippen LogP contribution in [-0.2, 0) is 0 Å². The van der Waals surface area contributed by atoms with Crippen molar-refractivity contribution in [3.8, 4) is 16.9 Å². The molecule has 0 unspecified atom stereocenters. The number of benzene rings is 2. The first-order chi connectivity index (χ1) is 8.18. The van der Waals surface area contributed by atoms with E-state index in [4.69, 9.17) is 0 Å². The Hall–Kier alpha value is -0.300. The zero-order chi connectivity index (χ0) is 12.8. The molecule has 2 aromatic carbocycles. The van der Waals surface area contributed by atoms with E-state index in [1.54, 1.807) is 0 Å². The van der Waals surface area contributed by atoms with Crippen LogP contribution in [0.3, 0.4) is 0 Å². The molecule has 0 aliphatic carbocycles. The summed E-state index contributed by atoms with van der Waals surface area (Å²) < 4.78 is 1.77. The first kappa shape index (κ1) is 14.8. The second kappa shape index (κ2) is 7.20. The van der Waals surface area contributed by atoms with Gasteiger partial charge in [-0.3, -0.25) is 0 Å². The monoisotopic (exact) mass is 452 g/mol. The van der Waals surface area contributed by atoms with Gasteiger partial charge in [-0.15, -0.1) is 0 Å². The Labute approximate surface area is 130 Å². The Kier molecular flexibility index (Phi) is 6.26. The minimum atomic E-state index is 0.371. The molecule has 2 rings (SSSR count). The maximum Gasteiger partial charge on any atom is 0.142 e. The normalized spacial score (nSPS) is 9.41. The maximum absolute atomic E-state index is 9.66. The number of phenols is 1. The largest absolute Gasteiger partial charge is 0.506 e. The highest BCUT2D eigenvalue weighted by molar-refractivity contribution is 14.1. The number of rotatable bonds is 1. The topological polar surface area (TPSA) is 20.2 Å². The molecule has 2 aromatic rings. The highest BCUT2D eigenvalue weighted by Crippen LogP contribution is 2.31. The molecule has 0 aromatic heterocycles. The molecule has 0 atom stereocenters. The van der Waals surface area contributed by atoms with E-state index in [2.05, 4.69) is 57.3 Å². The van der Waals surface area contributed by atoms with Crippen molar-refractivity contribution in [2.75, 3.05) is 0 Å². The Bertz CT molecular complexity index is 458. The molecule has 90 valence electrons. The van der Waals surface area contributed by atoms with Gasteiger partial charge in [-0.25, -0.2) is 0 Å². The van der Waals surface area contributed by atoms with E-state index in [1.165, 1.54) is 5.56 Å². The van der Waals surface area contributed by atoms with Crippen molar-refractivity contribution in [3.05, 3.63) is 49.6 Å². The van der Waals surface area contributed by atoms with Crippen LogP contribution in [0.4, 0.5) is 0 Å². The maximum atomic E-state index is 9.66. The molecule has 0 radical (unpaired) electrons. The number of aromatic hydroxyl groups is 1. The first-order valence-corrected chi connectivity index (χ1v) is 7.57. The van der Waals surface area contributed by atoms with E-state index in [9.17, 15) is 5.11 Å². The third-order valence-corrected chi connectivity index (χ3v) is 3.77. The molecule has 0 bridgehead atoms. The molecule has 0 fully saturated rings. The third-order valence-electron chi connectivity index (χ3n) is 2.12. The van der Waals surface area contributed by atoms with Crippen LogP contribution in [0.25, 0.3) is 11.1 Å². The second-order valence-electron chi connectivity index (χ2n) is 3.15. The van der Waals surface area contributed by atoms with Crippen LogP contribution in [-0.4, -0.2) is 5.11 Å². The average molecular weight is 452 g/mol. The average Bonchev–Trinajstić information content (AvgIpc) is 2.39. The van der Waals surface area contributed by atoms with Gasteiger partial charge in [-0.1, -0.05) is 44.2 Å². The molecular formula is C14H14I2O. The second-order valence-corrected chi connectivity index (χ2v) is 5.48. The SMILES string of the molecule is CC.Oc1c(I)cc(-c2ccccc2)cc1I. The zero-order valence-electron chi connectivity index (χ0n) is 9.74. The molecule has 0 heterocycles. The fraction of sp³-hybridized carbons (Fsp3) is 0.143. The van der Waals surface area contributed by atoms with E-state index in [1.807, 2.05) is 44.2 Å². The Morgan fingerprint density at radius 2 is 1.29 bits per heavy atom. The van der Waals surface area contributed by atoms with Crippen molar-refractivity contribution in [1.29, 1.82) is 0 Å². The number of halogens is 2. The highest BCUT2D eigenvalue weighted by atomic mass is 127. The third kappa shape index (κ3) is 3.84. The van der Waals surface area contributed by atoms with Crippen molar-refractivity contribution in [1.82, 2.24) is 0 Å². The summed E-state index contributed by atoms with van der Waals surface area (Å²) >= 11 is 4.30. The van der Waals surface area contributed by atoms with Crippen LogP contribution >= 0.6 is 45.2 Å². The van der Waals surface area contributed by atoms with Gasteiger partial charge in [0.1, 0.15) is 5.75 Å². The van der Waals surface area contributed by atoms with E-state index >= 15 is 0 Å². The molecule has 0 saturated carbocycles. The standard InChI is InChI=1S/C12H8I2O.C2H6/c13-10-6-9(7-11(14)12(10)15)8-4-2-1-3-5-8;1-2/h1-7,15H;1-2H3. The van der Waals surface area contributed by atoms with Crippen LogP contribution in [0.1, 0.15) is 13.8 Å². The Morgan fingerprint density at radius 3 is 1.76 bits per heavy atom. The molecular weight excluding hydrogens is 438 g/mol. The predicted molar refractivity (Wildman–Crippen MR) is 90.3 cm³/mol. The lowest BCUT2D eigenvalue weighted by Gasteiger charge is -2.05. The summed E-state index contributed by atoms with van der Waals surface area (Å²) in [5.41, 5.74) is 2.32. The number of phenolic OH excluding ortho intramolecular Hbond substituents is 1. The summed E-state index contributed by atoms with van der Waals surface area (Å²) in [4.78, 5) is 0. The molecule has 0 aliphatic rings. The minimum Gasteiger partial charge on any atom is -0.506 e. The molecule has 0 spiro atoms. The van der Waals surface area contributed by atoms with Gasteiger partial charge < -0.3 is 5.11 Å². The molecule has 0 saturated heterocycles. The van der Waals surface area contributed by atoms with E-state index in [0.29, 0.717) is 5.75 Å². The Balaban J connectivity index is 0.000000686. The van der Waals surface area contributed by atoms with Gasteiger partial charge in [0.25, 0.3) is 0 Å². The van der Waals surface area contributed by atoms with Crippen molar-refractivity contribution in [3.63, 3.8) is 0 Å². The van der Waals surface area contributed by atoms with Crippen molar-refractivity contribution < 1.29 is 5.11 Å². The summed E-state index contributed by atoms with van der Waals surface area (Å²) in [6.07, 6.45) is 0. The zero-order valence-corrected chi connectivity index (χ0v) is 14.1. The molecule has 0 aliphatic heterocycles. The van der Waals surface area contributed by atoms with Gasteiger partial charge in [0.15, 0.2) is 0 Å². The smallest absolute Gasteiger partial charge is 0.142 e. The van der Waals surface area contributed by atoms with Crippen LogP contribution < -0.4 is 0 Å². The summed E-state index contributed by atoms with van der Waals surface area (Å²) in [5, 5.41) is 9.66. The van der Waals surface area contributed by atoms with Crippen LogP contribution in [0.2, 0.25) is 0 Å². The summed E-state index contributed by atoms with van der Waals surface area (Å²) in [6, 6.07) is 14.2. The summed E-state index contributed by atoms with van der Waals surface area (Å²) in [5.74, 6) is 0.371. The lowest BCUT2D eigenvalue weighted by atomic mass is 10.1. The van der Waals surface area contributed by atoms with Crippen molar-refractivity contribution >= 4 is 45.2 Å². The van der Waals surface area contributed by atoms with Crippen LogP contribution in [0, 0.1) is 7.14 Å². The summed E-state index contributed by atoms with van der Waals surface area (Å²) in [6.45, 7) is 4.00. The quantitative estimate of drug-likeness (QED) is 0.583. The van der Waals surface area contributed by atoms with Crippen molar-refractivity contribution in [2.45, 2.75) is 13.8 Å². The van der Waals surface area contributed by atoms with E-state index in [0.717, 1.165) is 12.7 Å². The molecule has 0 amide bonds. The van der Waals surface area contributed by atoms with Gasteiger partial charge in [0, 0.05) is 0 Å². The lowest BCUT2D eigenvalue weighted by Crippen LogP contribution is -1.83. The fourth-order valence-electron chi connectivity index (χ4n) is 1.36. The Morgan fingerprint density at radius 1 is 0.824 bits per heavy atom. The lowest BCUT2D eigenvalue weighted by molar-refractivity contribution is 0.468. The molecule has 1 nitrogen and oxygen atoms in total. The predicted octanol–water partition coefficient (Wildman–Crippen LogP) is 5.29. The van der Waals surface area contributed by atoms with Crippen LogP contribution in [0.15, 0.2) is 42.5 Å². The minimum absolute atomic E-state index is 0.371. The number of hydrogen-bond acceptors (Lipinski definition) is 1. The fourth-order valence-corrected chi connectivity index (χ4v) is 3.13. The molecule has 3 heteroatoms. The van der Waals surface area contributed by atoms with Gasteiger partial charge in [-0.2, -0.15) is 0 Å². The number of hydrogen-bond donors (Lipinski definition) is 1. The van der Waals surface area contributed by atoms with Gasteiger partial charge in [-0.05, 0) is 68.4 Å². The summed E-state index contributed by atoms with van der Waals surface area (Å²) in [7, 11) is 0. The van der Waals surface area contributed by atoms with Gasteiger partial charge in [0.2, 0.25) is 0 Å². The highest BCUT2D eigenvalue weighted by Gasteiger charge is 2.06. The van der Waals surface area contributed by atoms with Crippen molar-refractivity contribution in [2.24, 2.45) is 0 Å². The molecule has 1 N–H and O–H groups in total. The van der Waals surface area contributed by atoms with Gasteiger partial charge in [0.05, 0.1) is 7.14 Å². The van der Waals surface area contributed by atoms with Gasteiger partial charge >= 0.3 is 0 Å². The first-order valence-electron chi connectivity index (χ1n) is 5.42.